The molecule has 1 aliphatic rings. The number of methoxy groups -OCH3 is 2. The Labute approximate surface area is 196 Å². The first-order chi connectivity index (χ1) is 15.8. The van der Waals surface area contributed by atoms with Gasteiger partial charge in [0.25, 0.3) is 5.91 Å². The second-order valence-corrected chi connectivity index (χ2v) is 8.48. The lowest BCUT2D eigenvalue weighted by molar-refractivity contribution is -0.150. The predicted octanol–water partition coefficient (Wildman–Crippen LogP) is 4.01. The topological polar surface area (TPSA) is 77.8 Å². The summed E-state index contributed by atoms with van der Waals surface area (Å²) < 4.78 is 11.9. The maximum atomic E-state index is 13.4. The Morgan fingerprint density at radius 1 is 1.09 bits per heavy atom. The molecule has 0 N–H and O–H groups in total. The Bertz CT molecular complexity index is 1230. The first-order valence-electron chi connectivity index (χ1n) is 10.7. The summed E-state index contributed by atoms with van der Waals surface area (Å²) in [6.45, 7) is 2.33. The van der Waals surface area contributed by atoms with Crippen LogP contribution in [-0.2, 0) is 20.7 Å². The smallest absolute Gasteiger partial charge is 0.328 e. The minimum Gasteiger partial charge on any atom is -0.497 e. The number of rotatable bonds is 5. The molecule has 1 fully saturated rings. The van der Waals surface area contributed by atoms with Gasteiger partial charge in [-0.05, 0) is 67.8 Å². The highest BCUT2D eigenvalue weighted by Gasteiger charge is 2.35. The number of hydrogen-bond acceptors (Lipinski definition) is 5. The number of fused-ring (bicyclic) bond motifs is 1. The molecule has 7 nitrogen and oxygen atoms in total. The van der Waals surface area contributed by atoms with E-state index in [1.165, 1.54) is 7.11 Å². The van der Waals surface area contributed by atoms with Gasteiger partial charge in [-0.3, -0.25) is 14.2 Å². The van der Waals surface area contributed by atoms with Crippen LogP contribution in [0.5, 0.6) is 5.75 Å². The number of amides is 1. The Morgan fingerprint density at radius 2 is 1.82 bits per heavy atom. The van der Waals surface area contributed by atoms with Gasteiger partial charge in [0.05, 0.1) is 26.2 Å². The van der Waals surface area contributed by atoms with Gasteiger partial charge >= 0.3 is 5.97 Å². The fourth-order valence-corrected chi connectivity index (χ4v) is 4.62. The Balaban J connectivity index is 1.77. The van der Waals surface area contributed by atoms with E-state index in [-0.39, 0.29) is 18.2 Å². The van der Waals surface area contributed by atoms with E-state index in [0.29, 0.717) is 40.5 Å². The van der Waals surface area contributed by atoms with Crippen molar-refractivity contribution >= 4 is 40.3 Å². The van der Waals surface area contributed by atoms with Crippen LogP contribution in [0.1, 0.15) is 34.5 Å². The quantitative estimate of drug-likeness (QED) is 0.529. The molecule has 33 heavy (non-hydrogen) atoms. The van der Waals surface area contributed by atoms with Crippen molar-refractivity contribution in [2.24, 2.45) is 0 Å². The van der Waals surface area contributed by atoms with E-state index in [2.05, 4.69) is 0 Å². The van der Waals surface area contributed by atoms with Gasteiger partial charge in [0, 0.05) is 28.2 Å². The molecule has 1 aliphatic heterocycles. The monoisotopic (exact) mass is 468 g/mol. The molecule has 1 saturated heterocycles. The molecule has 2 heterocycles. The van der Waals surface area contributed by atoms with Crippen molar-refractivity contribution in [2.45, 2.75) is 32.2 Å². The van der Waals surface area contributed by atoms with Crippen molar-refractivity contribution in [2.75, 3.05) is 20.8 Å². The highest BCUT2D eigenvalue weighted by Crippen LogP contribution is 2.32. The van der Waals surface area contributed by atoms with Crippen LogP contribution in [0.3, 0.4) is 0 Å². The number of ether oxygens (including phenoxy) is 2. The number of aromatic nitrogens is 1. The van der Waals surface area contributed by atoms with E-state index in [4.69, 9.17) is 21.1 Å². The number of halogens is 1. The first kappa shape index (κ1) is 22.9. The van der Waals surface area contributed by atoms with E-state index in [9.17, 15) is 14.4 Å². The van der Waals surface area contributed by atoms with E-state index in [1.807, 2.05) is 19.1 Å². The number of carbonyl (C=O) groups is 3. The number of likely N-dealkylation sites (tertiary alicyclic amines) is 1. The van der Waals surface area contributed by atoms with Crippen LogP contribution in [0.15, 0.2) is 42.5 Å². The van der Waals surface area contributed by atoms with Gasteiger partial charge in [0.15, 0.2) is 0 Å². The molecule has 0 aliphatic carbocycles. The van der Waals surface area contributed by atoms with E-state index < -0.39 is 12.0 Å². The van der Waals surface area contributed by atoms with Crippen LogP contribution >= 0.6 is 11.6 Å². The van der Waals surface area contributed by atoms with Crippen LogP contribution < -0.4 is 4.74 Å². The maximum absolute atomic E-state index is 13.4. The molecular formula is C25H25ClN2O5. The van der Waals surface area contributed by atoms with Crippen LogP contribution in [0.4, 0.5) is 0 Å². The fourth-order valence-electron chi connectivity index (χ4n) is 4.49. The Morgan fingerprint density at radius 3 is 2.48 bits per heavy atom. The summed E-state index contributed by atoms with van der Waals surface area (Å²) in [6.07, 6.45) is 1.39. The van der Waals surface area contributed by atoms with Crippen molar-refractivity contribution in [3.05, 3.63) is 64.3 Å². The van der Waals surface area contributed by atoms with Gasteiger partial charge in [-0.15, -0.1) is 0 Å². The second-order valence-electron chi connectivity index (χ2n) is 8.04. The van der Waals surface area contributed by atoms with Crippen molar-refractivity contribution in [3.8, 4) is 5.75 Å². The van der Waals surface area contributed by atoms with Crippen LogP contribution in [0.2, 0.25) is 5.02 Å². The maximum Gasteiger partial charge on any atom is 0.328 e. The third-order valence-electron chi connectivity index (χ3n) is 6.21. The fraction of sp³-hybridized carbons (Fsp3) is 0.320. The van der Waals surface area contributed by atoms with Crippen molar-refractivity contribution in [3.63, 3.8) is 0 Å². The lowest BCUT2D eigenvalue weighted by Crippen LogP contribution is -2.41. The van der Waals surface area contributed by atoms with Gasteiger partial charge in [-0.1, -0.05) is 11.6 Å². The number of carbonyl (C=O) groups excluding carboxylic acids is 3. The molecule has 0 spiro atoms. The molecule has 0 bridgehead atoms. The summed E-state index contributed by atoms with van der Waals surface area (Å²) in [4.78, 5) is 40.4. The van der Waals surface area contributed by atoms with Gasteiger partial charge in [-0.25, -0.2) is 4.79 Å². The summed E-state index contributed by atoms with van der Waals surface area (Å²) in [5.74, 6) is -0.168. The number of nitrogens with zero attached hydrogens (tertiary/aromatic N) is 2. The predicted molar refractivity (Wildman–Crippen MR) is 125 cm³/mol. The van der Waals surface area contributed by atoms with Gasteiger partial charge in [0.1, 0.15) is 11.8 Å². The van der Waals surface area contributed by atoms with Gasteiger partial charge in [-0.2, -0.15) is 0 Å². The Kier molecular flexibility index (Phi) is 6.42. The zero-order chi connectivity index (χ0) is 23.7. The molecule has 1 atom stereocenters. The summed E-state index contributed by atoms with van der Waals surface area (Å²) in [6, 6.07) is 11.6. The molecule has 172 valence electrons. The third kappa shape index (κ3) is 4.20. The average Bonchev–Trinajstić information content (AvgIpc) is 3.42. The minimum absolute atomic E-state index is 0.0594. The summed E-state index contributed by atoms with van der Waals surface area (Å²) in [5, 5.41) is 1.30. The van der Waals surface area contributed by atoms with Crippen LogP contribution in [0, 0.1) is 6.92 Å². The minimum atomic E-state index is -0.568. The largest absolute Gasteiger partial charge is 0.497 e. The molecule has 1 unspecified atom stereocenters. The highest BCUT2D eigenvalue weighted by molar-refractivity contribution is 6.30. The van der Waals surface area contributed by atoms with E-state index in [1.54, 1.807) is 46.9 Å². The summed E-state index contributed by atoms with van der Waals surface area (Å²) >= 11 is 5.98. The average molecular weight is 469 g/mol. The second kappa shape index (κ2) is 9.27. The zero-order valence-electron chi connectivity index (χ0n) is 18.8. The molecular weight excluding hydrogens is 444 g/mol. The highest BCUT2D eigenvalue weighted by atomic mass is 35.5. The lowest BCUT2D eigenvalue weighted by atomic mass is 10.1. The van der Waals surface area contributed by atoms with E-state index >= 15 is 0 Å². The third-order valence-corrected chi connectivity index (χ3v) is 6.46. The number of esters is 1. The van der Waals surface area contributed by atoms with Crippen molar-refractivity contribution in [1.29, 1.82) is 0 Å². The molecule has 3 aromatic rings. The van der Waals surface area contributed by atoms with E-state index in [0.717, 1.165) is 17.4 Å². The standard InChI is InChI=1S/C25H25ClN2O5/c1-15-19(14-23(29)27-12-4-5-22(27)25(31)33-3)20-13-18(32-2)10-11-21(20)28(15)24(30)16-6-8-17(26)9-7-16/h6-11,13,22H,4-5,12,14H2,1-3H3. The summed E-state index contributed by atoms with van der Waals surface area (Å²) in [5.41, 5.74) is 2.56. The molecule has 4 rings (SSSR count). The number of benzene rings is 2. The molecule has 1 amide bonds. The molecule has 2 aromatic carbocycles. The SMILES string of the molecule is COC(=O)C1CCCN1C(=O)Cc1c(C)n(C(=O)c2ccc(Cl)cc2)c2ccc(OC)cc12. The Hall–Kier alpha value is -3.32. The molecule has 1 aromatic heterocycles. The van der Waals surface area contributed by atoms with Crippen molar-refractivity contribution in [1.82, 2.24) is 9.47 Å². The van der Waals surface area contributed by atoms with Crippen LogP contribution in [0.25, 0.3) is 10.9 Å². The summed E-state index contributed by atoms with van der Waals surface area (Å²) in [7, 11) is 2.90. The first-order valence-corrected chi connectivity index (χ1v) is 11.1. The molecule has 8 heteroatoms. The molecule has 0 saturated carbocycles. The number of hydrogen-bond donors (Lipinski definition) is 0. The lowest BCUT2D eigenvalue weighted by Gasteiger charge is -2.22. The van der Waals surface area contributed by atoms with Gasteiger partial charge in [0.2, 0.25) is 5.91 Å². The van der Waals surface area contributed by atoms with Crippen molar-refractivity contribution < 1.29 is 23.9 Å². The normalized spacial score (nSPS) is 15.6. The molecule has 0 radical (unpaired) electrons. The van der Waals surface area contributed by atoms with Gasteiger partial charge < -0.3 is 14.4 Å². The zero-order valence-corrected chi connectivity index (χ0v) is 19.5. The van der Waals surface area contributed by atoms with Crippen LogP contribution in [-0.4, -0.2) is 54.1 Å².